The second-order valence-corrected chi connectivity index (χ2v) is 8.36. The van der Waals surface area contributed by atoms with Crippen LogP contribution in [0.4, 0.5) is 0 Å². The minimum absolute atomic E-state index is 0.125. The first-order chi connectivity index (χ1) is 14.7. The van der Waals surface area contributed by atoms with Gasteiger partial charge < -0.3 is 9.47 Å². The van der Waals surface area contributed by atoms with Gasteiger partial charge in [-0.25, -0.2) is 4.98 Å². The smallest absolute Gasteiger partial charge is 0.266 e. The minimum Gasteiger partial charge on any atom is -0.495 e. The van der Waals surface area contributed by atoms with E-state index in [-0.39, 0.29) is 5.56 Å². The summed E-state index contributed by atoms with van der Waals surface area (Å²) in [6.07, 6.45) is 0. The highest BCUT2D eigenvalue weighted by Gasteiger charge is 2.16. The number of ether oxygens (including phenoxy) is 2. The molecule has 152 valence electrons. The molecule has 5 nitrogen and oxygen atoms in total. The van der Waals surface area contributed by atoms with Crippen LogP contribution in [-0.2, 0) is 0 Å². The summed E-state index contributed by atoms with van der Waals surface area (Å²) < 4.78 is 13.9. The number of benzene rings is 3. The summed E-state index contributed by atoms with van der Waals surface area (Å²) in [6, 6.07) is 22.5. The van der Waals surface area contributed by atoms with Crippen molar-refractivity contribution in [3.63, 3.8) is 0 Å². The molecule has 0 radical (unpaired) electrons. The SMILES string of the molecule is COc1ccccc1-n1c(SCCOc2cccc(Br)c2)nc2ccccc2c1=O. The van der Waals surface area contributed by atoms with Crippen molar-refractivity contribution in [2.24, 2.45) is 0 Å². The van der Waals surface area contributed by atoms with Gasteiger partial charge in [0.05, 0.1) is 30.3 Å². The van der Waals surface area contributed by atoms with E-state index in [1.54, 1.807) is 17.7 Å². The molecule has 0 spiro atoms. The number of nitrogens with zero attached hydrogens (tertiary/aromatic N) is 2. The molecule has 0 atom stereocenters. The van der Waals surface area contributed by atoms with Gasteiger partial charge in [-0.2, -0.15) is 0 Å². The quantitative estimate of drug-likeness (QED) is 0.202. The van der Waals surface area contributed by atoms with Crippen LogP contribution >= 0.6 is 27.7 Å². The zero-order chi connectivity index (χ0) is 20.9. The van der Waals surface area contributed by atoms with Crippen LogP contribution in [0.2, 0.25) is 0 Å². The summed E-state index contributed by atoms with van der Waals surface area (Å²) in [4.78, 5) is 18.1. The molecule has 0 aliphatic rings. The Balaban J connectivity index is 1.67. The van der Waals surface area contributed by atoms with Gasteiger partial charge in [0.25, 0.3) is 5.56 Å². The van der Waals surface area contributed by atoms with Crippen LogP contribution < -0.4 is 15.0 Å². The number of halogens is 1. The van der Waals surface area contributed by atoms with E-state index in [2.05, 4.69) is 15.9 Å². The molecule has 0 unspecified atom stereocenters. The standard InChI is InChI=1S/C23H19BrN2O3S/c1-28-21-12-5-4-11-20(21)26-22(27)18-9-2-3-10-19(18)25-23(26)30-14-13-29-17-8-6-7-16(24)15-17/h2-12,15H,13-14H2,1H3. The van der Waals surface area contributed by atoms with Crippen molar-refractivity contribution in [2.75, 3.05) is 19.5 Å². The third kappa shape index (κ3) is 4.37. The lowest BCUT2D eigenvalue weighted by molar-refractivity contribution is 0.343. The molecule has 0 aliphatic carbocycles. The molecule has 0 fully saturated rings. The monoisotopic (exact) mass is 482 g/mol. The molecule has 4 aromatic rings. The Morgan fingerprint density at radius 1 is 1.03 bits per heavy atom. The average molecular weight is 483 g/mol. The predicted molar refractivity (Wildman–Crippen MR) is 124 cm³/mol. The number of para-hydroxylation sites is 3. The number of rotatable bonds is 7. The molecule has 0 amide bonds. The fourth-order valence-electron chi connectivity index (χ4n) is 3.09. The van der Waals surface area contributed by atoms with Gasteiger partial charge in [0, 0.05) is 10.2 Å². The van der Waals surface area contributed by atoms with E-state index in [0.717, 1.165) is 10.2 Å². The highest BCUT2D eigenvalue weighted by Crippen LogP contribution is 2.27. The molecule has 0 bridgehead atoms. The highest BCUT2D eigenvalue weighted by atomic mass is 79.9. The van der Waals surface area contributed by atoms with Gasteiger partial charge in [-0.3, -0.25) is 9.36 Å². The van der Waals surface area contributed by atoms with Crippen LogP contribution in [0, 0.1) is 0 Å². The molecule has 0 saturated heterocycles. The molecule has 0 saturated carbocycles. The second kappa shape index (κ2) is 9.36. The van der Waals surface area contributed by atoms with Crippen molar-refractivity contribution in [1.29, 1.82) is 0 Å². The number of methoxy groups -OCH3 is 1. The van der Waals surface area contributed by atoms with Crippen LogP contribution in [0.1, 0.15) is 0 Å². The first kappa shape index (κ1) is 20.5. The lowest BCUT2D eigenvalue weighted by Gasteiger charge is -2.15. The number of hydrogen-bond donors (Lipinski definition) is 0. The predicted octanol–water partition coefficient (Wildman–Crippen LogP) is 5.33. The Morgan fingerprint density at radius 2 is 1.83 bits per heavy atom. The van der Waals surface area contributed by atoms with Gasteiger partial charge >= 0.3 is 0 Å². The maximum atomic E-state index is 13.3. The van der Waals surface area contributed by atoms with Crippen LogP contribution in [0.5, 0.6) is 11.5 Å². The van der Waals surface area contributed by atoms with E-state index in [0.29, 0.717) is 39.9 Å². The summed E-state index contributed by atoms with van der Waals surface area (Å²) >= 11 is 4.92. The van der Waals surface area contributed by atoms with Crippen molar-refractivity contribution in [1.82, 2.24) is 9.55 Å². The molecule has 4 rings (SSSR count). The summed E-state index contributed by atoms with van der Waals surface area (Å²) in [5, 5.41) is 1.17. The van der Waals surface area contributed by atoms with Crippen LogP contribution in [0.25, 0.3) is 16.6 Å². The molecular weight excluding hydrogens is 464 g/mol. The molecule has 1 aromatic heterocycles. The zero-order valence-corrected chi connectivity index (χ0v) is 18.7. The molecule has 7 heteroatoms. The van der Waals surface area contributed by atoms with Gasteiger partial charge in [-0.15, -0.1) is 0 Å². The van der Waals surface area contributed by atoms with E-state index in [9.17, 15) is 4.79 Å². The van der Waals surface area contributed by atoms with Gasteiger partial charge in [0.2, 0.25) is 0 Å². The van der Waals surface area contributed by atoms with Crippen molar-refractivity contribution < 1.29 is 9.47 Å². The highest BCUT2D eigenvalue weighted by molar-refractivity contribution is 9.10. The summed E-state index contributed by atoms with van der Waals surface area (Å²) in [7, 11) is 1.59. The van der Waals surface area contributed by atoms with E-state index in [4.69, 9.17) is 14.5 Å². The Bertz CT molecular complexity index is 1240. The Labute approximate surface area is 186 Å². The molecule has 30 heavy (non-hydrogen) atoms. The van der Waals surface area contributed by atoms with Crippen LogP contribution in [0.3, 0.4) is 0 Å². The summed E-state index contributed by atoms with van der Waals surface area (Å²) in [5.41, 5.74) is 1.21. The molecular formula is C23H19BrN2O3S. The Morgan fingerprint density at radius 3 is 2.67 bits per heavy atom. The maximum absolute atomic E-state index is 13.3. The fraction of sp³-hybridized carbons (Fsp3) is 0.130. The van der Waals surface area contributed by atoms with Gasteiger partial charge in [-0.1, -0.05) is 58.0 Å². The normalized spacial score (nSPS) is 10.9. The Hall–Kier alpha value is -2.77. The van der Waals surface area contributed by atoms with Crippen LogP contribution in [0.15, 0.2) is 87.2 Å². The largest absolute Gasteiger partial charge is 0.495 e. The lowest BCUT2D eigenvalue weighted by Crippen LogP contribution is -2.22. The fourth-order valence-corrected chi connectivity index (χ4v) is 4.29. The average Bonchev–Trinajstić information content (AvgIpc) is 2.77. The van der Waals surface area contributed by atoms with E-state index < -0.39 is 0 Å². The summed E-state index contributed by atoms with van der Waals surface area (Å²) in [5.74, 6) is 2.04. The number of thioether (sulfide) groups is 1. The number of hydrogen-bond acceptors (Lipinski definition) is 5. The zero-order valence-electron chi connectivity index (χ0n) is 16.2. The summed E-state index contributed by atoms with van der Waals surface area (Å²) in [6.45, 7) is 0.482. The van der Waals surface area contributed by atoms with E-state index in [1.165, 1.54) is 11.8 Å². The minimum atomic E-state index is -0.125. The first-order valence-corrected chi connectivity index (χ1v) is 11.1. The van der Waals surface area contributed by atoms with Crippen LogP contribution in [-0.4, -0.2) is 29.0 Å². The number of aromatic nitrogens is 2. The molecule has 3 aromatic carbocycles. The Kier molecular flexibility index (Phi) is 6.40. The lowest BCUT2D eigenvalue weighted by atomic mass is 10.2. The third-order valence-electron chi connectivity index (χ3n) is 4.45. The molecule has 0 N–H and O–H groups in total. The van der Waals surface area contributed by atoms with Gasteiger partial charge in [0.1, 0.15) is 11.5 Å². The van der Waals surface area contributed by atoms with Crippen molar-refractivity contribution in [2.45, 2.75) is 5.16 Å². The second-order valence-electron chi connectivity index (χ2n) is 6.38. The van der Waals surface area contributed by atoms with E-state index >= 15 is 0 Å². The van der Waals surface area contributed by atoms with Crippen molar-refractivity contribution in [3.8, 4) is 17.2 Å². The van der Waals surface area contributed by atoms with Gasteiger partial charge in [-0.05, 0) is 42.5 Å². The maximum Gasteiger partial charge on any atom is 0.266 e. The van der Waals surface area contributed by atoms with E-state index in [1.807, 2.05) is 66.7 Å². The van der Waals surface area contributed by atoms with Gasteiger partial charge in [0.15, 0.2) is 5.16 Å². The molecule has 1 heterocycles. The first-order valence-electron chi connectivity index (χ1n) is 9.34. The molecule has 0 aliphatic heterocycles. The topological polar surface area (TPSA) is 53.4 Å². The third-order valence-corrected chi connectivity index (χ3v) is 5.85. The number of fused-ring (bicyclic) bond motifs is 1. The van der Waals surface area contributed by atoms with Crippen molar-refractivity contribution in [3.05, 3.63) is 87.6 Å². The van der Waals surface area contributed by atoms with Crippen molar-refractivity contribution >= 4 is 38.6 Å².